The van der Waals surface area contributed by atoms with E-state index in [2.05, 4.69) is 25.0 Å². The molecule has 0 unspecified atom stereocenters. The lowest BCUT2D eigenvalue weighted by atomic mass is 10.0. The maximum atomic E-state index is 13.0. The molecular weight excluding hydrogens is 549 g/mol. The largest absolute Gasteiger partial charge is 0.573 e. The average molecular weight is 585 g/mol. The van der Waals surface area contributed by atoms with Gasteiger partial charge in [-0.25, -0.2) is 4.79 Å². The van der Waals surface area contributed by atoms with Crippen LogP contribution in [0.1, 0.15) is 43.4 Å². The van der Waals surface area contributed by atoms with Crippen LogP contribution >= 0.6 is 0 Å². The van der Waals surface area contributed by atoms with Gasteiger partial charge in [0.25, 0.3) is 0 Å². The molecule has 0 radical (unpaired) electrons. The molecule has 0 aliphatic heterocycles. The second-order valence-corrected chi connectivity index (χ2v) is 9.97. The Morgan fingerprint density at radius 3 is 2.57 bits per heavy atom. The molecule has 0 amide bonds. The van der Waals surface area contributed by atoms with Crippen molar-refractivity contribution in [1.82, 2.24) is 19.9 Å². The molecule has 8 N–H and O–H groups in total. The van der Waals surface area contributed by atoms with E-state index in [9.17, 15) is 18.0 Å². The third kappa shape index (κ3) is 8.33. The van der Waals surface area contributed by atoms with E-state index in [4.69, 9.17) is 17.2 Å². The van der Waals surface area contributed by atoms with Gasteiger partial charge in [-0.05, 0) is 93.2 Å². The Morgan fingerprint density at radius 1 is 1.12 bits per heavy atom. The lowest BCUT2D eigenvalue weighted by Crippen LogP contribution is -2.24. The number of benzene rings is 2. The Morgan fingerprint density at radius 2 is 1.88 bits per heavy atom. The molecule has 13 heteroatoms. The van der Waals surface area contributed by atoms with Crippen molar-refractivity contribution in [2.45, 2.75) is 45.0 Å². The van der Waals surface area contributed by atoms with Gasteiger partial charge in [0, 0.05) is 35.4 Å². The highest BCUT2D eigenvalue weighted by Crippen LogP contribution is 2.31. The molecule has 0 fully saturated rings. The summed E-state index contributed by atoms with van der Waals surface area (Å²) >= 11 is 0. The van der Waals surface area contributed by atoms with E-state index < -0.39 is 12.1 Å². The summed E-state index contributed by atoms with van der Waals surface area (Å²) in [6.45, 7) is 3.81. The van der Waals surface area contributed by atoms with Gasteiger partial charge < -0.3 is 32.2 Å². The maximum absolute atomic E-state index is 13.0. The van der Waals surface area contributed by atoms with Crippen molar-refractivity contribution in [2.24, 2.45) is 22.2 Å². The molecule has 0 aliphatic rings. The summed E-state index contributed by atoms with van der Waals surface area (Å²) in [6, 6.07) is 13.8. The third-order valence-corrected chi connectivity index (χ3v) is 6.69. The Hall–Kier alpha value is -4.36. The van der Waals surface area contributed by atoms with Crippen LogP contribution in [0.5, 0.6) is 5.75 Å². The molecule has 2 aromatic carbocycles. The van der Waals surface area contributed by atoms with Crippen LogP contribution in [-0.2, 0) is 6.42 Å². The molecule has 42 heavy (non-hydrogen) atoms. The van der Waals surface area contributed by atoms with Crippen LogP contribution in [0, 0.1) is 0 Å². The molecule has 224 valence electrons. The van der Waals surface area contributed by atoms with E-state index in [0.717, 1.165) is 31.4 Å². The van der Waals surface area contributed by atoms with E-state index in [0.29, 0.717) is 53.1 Å². The molecule has 2 heterocycles. The topological polar surface area (TPSA) is 162 Å². The molecule has 1 atom stereocenters. The zero-order valence-electron chi connectivity index (χ0n) is 23.2. The molecule has 0 saturated heterocycles. The lowest BCUT2D eigenvalue weighted by Gasteiger charge is -2.15. The summed E-state index contributed by atoms with van der Waals surface area (Å²) in [5, 5.41) is 4.03. The monoisotopic (exact) mass is 584 g/mol. The summed E-state index contributed by atoms with van der Waals surface area (Å²) < 4.78 is 44.6. The fraction of sp³-hybridized carbons (Fsp3) is 0.345. The number of ether oxygens (including phenoxy) is 1. The number of hydrogen-bond acceptors (Lipinski definition) is 6. The van der Waals surface area contributed by atoms with Crippen LogP contribution in [0.4, 0.5) is 13.2 Å². The first-order chi connectivity index (χ1) is 20.0. The Bertz CT molecular complexity index is 1570. The molecule has 10 nitrogen and oxygen atoms in total. The van der Waals surface area contributed by atoms with Gasteiger partial charge >= 0.3 is 12.1 Å². The summed E-state index contributed by atoms with van der Waals surface area (Å²) in [5.41, 5.74) is 19.4. The molecule has 4 rings (SSSR count). The number of aromatic amines is 1. The average Bonchev–Trinajstić information content (AvgIpc) is 3.34. The van der Waals surface area contributed by atoms with Gasteiger partial charge in [0.1, 0.15) is 11.4 Å². The van der Waals surface area contributed by atoms with Crippen molar-refractivity contribution in [3.05, 3.63) is 76.3 Å². The molecule has 0 aliphatic carbocycles. The van der Waals surface area contributed by atoms with Crippen LogP contribution in [0.3, 0.4) is 0 Å². The first kappa shape index (κ1) is 30.6. The summed E-state index contributed by atoms with van der Waals surface area (Å²) in [5.74, 6) is -0.239. The Balaban J connectivity index is 1.56. The molecule has 0 bridgehead atoms. The minimum Gasteiger partial charge on any atom is -0.406 e. The summed E-state index contributed by atoms with van der Waals surface area (Å²) in [6.07, 6.45) is -0.356. The molecule has 2 aromatic heterocycles. The van der Waals surface area contributed by atoms with Crippen LogP contribution in [0.15, 0.2) is 64.5 Å². The number of unbranched alkanes of at least 4 members (excludes halogenated alkanes) is 1. The van der Waals surface area contributed by atoms with Crippen molar-refractivity contribution in [3.63, 3.8) is 0 Å². The molecular formula is C29H35F3N8O2. The number of halogens is 3. The number of H-pyrrole nitrogens is 1. The normalized spacial score (nSPS) is 12.4. The first-order valence-corrected chi connectivity index (χ1v) is 13.6. The van der Waals surface area contributed by atoms with Crippen molar-refractivity contribution >= 4 is 17.0 Å². The predicted octanol–water partition coefficient (Wildman–Crippen LogP) is 3.87. The van der Waals surface area contributed by atoms with Gasteiger partial charge in [-0.3, -0.25) is 9.56 Å². The van der Waals surface area contributed by atoms with E-state index in [1.54, 1.807) is 18.3 Å². The third-order valence-electron chi connectivity index (χ3n) is 6.69. The predicted molar refractivity (Wildman–Crippen MR) is 158 cm³/mol. The minimum atomic E-state index is -4.82. The van der Waals surface area contributed by atoms with Crippen molar-refractivity contribution in [1.29, 1.82) is 0 Å². The highest BCUT2D eigenvalue weighted by atomic mass is 19.4. The molecule has 0 saturated carbocycles. The number of nitrogens with zero attached hydrogens (tertiary/aromatic N) is 3. The molecule has 4 aromatic rings. The summed E-state index contributed by atoms with van der Waals surface area (Å²) in [7, 11) is 0. The van der Waals surface area contributed by atoms with Crippen molar-refractivity contribution in [2.75, 3.05) is 19.6 Å². The number of aromatic nitrogens is 3. The molecule has 0 spiro atoms. The number of nitrogens with one attached hydrogen (secondary N) is 2. The fourth-order valence-electron chi connectivity index (χ4n) is 4.61. The number of rotatable bonds is 13. The SMILES string of the molecule is C[C@@H](NCCCN=C(N)N)c1ccc(-n2cc3cc(-c4cc(CCCCN)cc(OC(F)(F)F)c4)[nH]c3nc2=O)cc1. The van der Waals surface area contributed by atoms with E-state index >= 15 is 0 Å². The lowest BCUT2D eigenvalue weighted by molar-refractivity contribution is -0.274. The van der Waals surface area contributed by atoms with Crippen LogP contribution in [0.25, 0.3) is 28.0 Å². The van der Waals surface area contributed by atoms with Gasteiger partial charge in [-0.15, -0.1) is 13.2 Å². The van der Waals surface area contributed by atoms with Gasteiger partial charge in [-0.1, -0.05) is 12.1 Å². The Kier molecular flexibility index (Phi) is 9.86. The maximum Gasteiger partial charge on any atom is 0.573 e. The second-order valence-electron chi connectivity index (χ2n) is 9.97. The van der Waals surface area contributed by atoms with Crippen LogP contribution in [0.2, 0.25) is 0 Å². The second kappa shape index (κ2) is 13.5. The van der Waals surface area contributed by atoms with Crippen molar-refractivity contribution in [3.8, 4) is 22.7 Å². The minimum absolute atomic E-state index is 0.0695. The zero-order chi connectivity index (χ0) is 30.3. The first-order valence-electron chi connectivity index (χ1n) is 13.6. The van der Waals surface area contributed by atoms with Crippen LogP contribution < -0.4 is 32.9 Å². The van der Waals surface area contributed by atoms with Crippen molar-refractivity contribution < 1.29 is 17.9 Å². The van der Waals surface area contributed by atoms with E-state index in [1.165, 1.54) is 16.7 Å². The number of guanidine groups is 1. The van der Waals surface area contributed by atoms with Gasteiger partial charge in [0.2, 0.25) is 0 Å². The van der Waals surface area contributed by atoms with Gasteiger partial charge in [0.05, 0.1) is 5.69 Å². The number of aryl methyl sites for hydroxylation is 1. The Labute approximate surface area is 240 Å². The smallest absolute Gasteiger partial charge is 0.406 e. The fourth-order valence-corrected chi connectivity index (χ4v) is 4.61. The van der Waals surface area contributed by atoms with E-state index in [-0.39, 0.29) is 17.8 Å². The van der Waals surface area contributed by atoms with Gasteiger partial charge in [0.15, 0.2) is 5.96 Å². The standard InChI is InChI=1S/C29H35F3N8O2/c1-18(36-11-4-12-37-27(34)35)20-6-8-23(9-7-20)40-17-22-16-25(38-26(22)39-28(40)41)21-13-19(5-2-3-10-33)14-24(15-21)42-29(30,31)32/h6-9,13-18,36H,2-5,10-12,33H2,1H3,(H4,34,35,37)(H,38,39,41)/t18-/m1/s1. The van der Waals surface area contributed by atoms with Gasteiger partial charge in [-0.2, -0.15) is 4.98 Å². The quantitative estimate of drug-likeness (QED) is 0.0905. The summed E-state index contributed by atoms with van der Waals surface area (Å²) in [4.78, 5) is 24.1. The highest BCUT2D eigenvalue weighted by molar-refractivity contribution is 5.83. The zero-order valence-corrected chi connectivity index (χ0v) is 23.2. The highest BCUT2D eigenvalue weighted by Gasteiger charge is 2.31. The number of hydrogen-bond donors (Lipinski definition) is 5. The van der Waals surface area contributed by atoms with Crippen LogP contribution in [-0.4, -0.2) is 46.5 Å². The number of aliphatic imine (C=N–C) groups is 1. The number of fused-ring (bicyclic) bond motifs is 1. The number of nitrogens with two attached hydrogens (primary N) is 3. The number of alkyl halides is 3. The van der Waals surface area contributed by atoms with E-state index in [1.807, 2.05) is 31.2 Å².